The third-order valence-electron chi connectivity index (χ3n) is 2.51. The maximum absolute atomic E-state index is 11.5. The van der Waals surface area contributed by atoms with Crippen molar-refractivity contribution in [3.63, 3.8) is 0 Å². The molecule has 0 saturated heterocycles. The van der Waals surface area contributed by atoms with Gasteiger partial charge in [-0.05, 0) is 24.1 Å². The number of nitrogens with one attached hydrogen (secondary N) is 1. The van der Waals surface area contributed by atoms with Crippen molar-refractivity contribution >= 4 is 17.7 Å². The molecule has 0 heterocycles. The van der Waals surface area contributed by atoms with E-state index in [0.717, 1.165) is 30.9 Å². The second-order valence-corrected chi connectivity index (χ2v) is 5.03. The van der Waals surface area contributed by atoms with Crippen LogP contribution in [0.5, 0.6) is 5.75 Å². The first kappa shape index (κ1) is 14.9. The van der Waals surface area contributed by atoms with Gasteiger partial charge < -0.3 is 10.1 Å². The zero-order chi connectivity index (χ0) is 13.2. The molecule has 1 amide bonds. The van der Waals surface area contributed by atoms with Crippen LogP contribution in [0.3, 0.4) is 0 Å². The Hall–Kier alpha value is -1.16. The van der Waals surface area contributed by atoms with Gasteiger partial charge in [0, 0.05) is 12.3 Å². The van der Waals surface area contributed by atoms with Gasteiger partial charge in [-0.2, -0.15) is 0 Å². The monoisotopic (exact) mass is 267 g/mol. The topological polar surface area (TPSA) is 38.3 Å². The molecule has 0 unspecified atom stereocenters. The van der Waals surface area contributed by atoms with Crippen molar-refractivity contribution in [3.8, 4) is 5.75 Å². The van der Waals surface area contributed by atoms with E-state index in [0.29, 0.717) is 5.75 Å². The van der Waals surface area contributed by atoms with E-state index in [9.17, 15) is 4.79 Å². The van der Waals surface area contributed by atoms with Crippen LogP contribution in [-0.2, 0) is 10.5 Å². The summed E-state index contributed by atoms with van der Waals surface area (Å²) in [5, 5.41) is 2.91. The van der Waals surface area contributed by atoms with Crippen molar-refractivity contribution in [2.24, 2.45) is 0 Å². The van der Waals surface area contributed by atoms with Crippen molar-refractivity contribution in [2.45, 2.75) is 25.5 Å². The second-order valence-electron chi connectivity index (χ2n) is 4.04. The molecule has 0 fully saturated rings. The lowest BCUT2D eigenvalue weighted by atomic mass is 10.2. The first-order chi connectivity index (χ1) is 8.76. The molecular formula is C14H21NO2S. The van der Waals surface area contributed by atoms with Crippen molar-refractivity contribution < 1.29 is 9.53 Å². The highest BCUT2D eigenvalue weighted by Gasteiger charge is 2.01. The molecule has 0 radical (unpaired) electrons. The third-order valence-corrected chi connectivity index (χ3v) is 3.52. The van der Waals surface area contributed by atoms with E-state index in [1.54, 1.807) is 18.9 Å². The van der Waals surface area contributed by atoms with Crippen LogP contribution in [0.15, 0.2) is 24.3 Å². The first-order valence-electron chi connectivity index (χ1n) is 6.23. The fraction of sp³-hybridized carbons (Fsp3) is 0.500. The number of amides is 1. The van der Waals surface area contributed by atoms with Gasteiger partial charge in [0.1, 0.15) is 5.75 Å². The van der Waals surface area contributed by atoms with Crippen molar-refractivity contribution in [2.75, 3.05) is 19.4 Å². The van der Waals surface area contributed by atoms with Crippen LogP contribution in [0, 0.1) is 0 Å². The Morgan fingerprint density at radius 2 is 2.06 bits per heavy atom. The van der Waals surface area contributed by atoms with Gasteiger partial charge in [-0.15, -0.1) is 11.8 Å². The van der Waals surface area contributed by atoms with E-state index in [1.807, 2.05) is 24.3 Å². The zero-order valence-electron chi connectivity index (χ0n) is 11.1. The molecule has 0 spiro atoms. The average Bonchev–Trinajstić information content (AvgIpc) is 2.40. The quantitative estimate of drug-likeness (QED) is 0.736. The number of methoxy groups -OCH3 is 1. The average molecular weight is 267 g/mol. The zero-order valence-corrected chi connectivity index (χ0v) is 11.9. The molecule has 0 aromatic heterocycles. The summed E-state index contributed by atoms with van der Waals surface area (Å²) >= 11 is 1.63. The molecule has 0 aliphatic rings. The van der Waals surface area contributed by atoms with Gasteiger partial charge in [0.05, 0.1) is 12.9 Å². The number of unbranched alkanes of at least 4 members (excludes halogenated alkanes) is 1. The van der Waals surface area contributed by atoms with Crippen LogP contribution in [-0.4, -0.2) is 25.3 Å². The predicted octanol–water partition coefficient (Wildman–Crippen LogP) is 2.84. The number of rotatable bonds is 8. The first-order valence-corrected chi connectivity index (χ1v) is 7.39. The van der Waals surface area contributed by atoms with Gasteiger partial charge in [-0.3, -0.25) is 4.79 Å². The number of ether oxygens (including phenoxy) is 1. The van der Waals surface area contributed by atoms with E-state index in [-0.39, 0.29) is 5.91 Å². The van der Waals surface area contributed by atoms with E-state index in [4.69, 9.17) is 4.74 Å². The SMILES string of the molecule is CCCCNC(=O)CSCc1ccc(OC)cc1. The van der Waals surface area contributed by atoms with Gasteiger partial charge in [0.25, 0.3) is 0 Å². The minimum absolute atomic E-state index is 0.127. The van der Waals surface area contributed by atoms with Crippen molar-refractivity contribution in [1.29, 1.82) is 0 Å². The Labute approximate surface area is 113 Å². The van der Waals surface area contributed by atoms with Gasteiger partial charge in [0.15, 0.2) is 0 Å². The van der Waals surface area contributed by atoms with Gasteiger partial charge in [-0.25, -0.2) is 0 Å². The largest absolute Gasteiger partial charge is 0.497 e. The summed E-state index contributed by atoms with van der Waals surface area (Å²) in [4.78, 5) is 11.5. The molecule has 100 valence electrons. The van der Waals surface area contributed by atoms with Crippen LogP contribution in [0.4, 0.5) is 0 Å². The molecular weight excluding hydrogens is 246 g/mol. The standard InChI is InChI=1S/C14H21NO2S/c1-3-4-9-15-14(16)11-18-10-12-5-7-13(17-2)8-6-12/h5-8H,3-4,9-11H2,1-2H3,(H,15,16). The lowest BCUT2D eigenvalue weighted by molar-refractivity contribution is -0.118. The van der Waals surface area contributed by atoms with Crippen LogP contribution >= 0.6 is 11.8 Å². The Bertz CT molecular complexity index is 351. The van der Waals surface area contributed by atoms with Crippen molar-refractivity contribution in [1.82, 2.24) is 5.32 Å². The van der Waals surface area contributed by atoms with Gasteiger partial charge in [0.2, 0.25) is 5.91 Å². The maximum atomic E-state index is 11.5. The highest BCUT2D eigenvalue weighted by atomic mass is 32.2. The molecule has 0 aliphatic carbocycles. The van der Waals surface area contributed by atoms with E-state index in [2.05, 4.69) is 12.2 Å². The summed E-state index contributed by atoms with van der Waals surface area (Å²) in [5.41, 5.74) is 1.21. The number of benzene rings is 1. The summed E-state index contributed by atoms with van der Waals surface area (Å²) < 4.78 is 5.10. The summed E-state index contributed by atoms with van der Waals surface area (Å²) in [7, 11) is 1.66. The summed E-state index contributed by atoms with van der Waals surface area (Å²) in [6.07, 6.45) is 2.16. The smallest absolute Gasteiger partial charge is 0.230 e. The summed E-state index contributed by atoms with van der Waals surface area (Å²) in [5.74, 6) is 2.36. The molecule has 1 N–H and O–H groups in total. The number of carbonyl (C=O) groups is 1. The van der Waals surface area contributed by atoms with E-state index >= 15 is 0 Å². The normalized spacial score (nSPS) is 10.1. The molecule has 1 rings (SSSR count). The molecule has 4 heteroatoms. The fourth-order valence-electron chi connectivity index (χ4n) is 1.44. The highest BCUT2D eigenvalue weighted by Crippen LogP contribution is 2.16. The van der Waals surface area contributed by atoms with E-state index < -0.39 is 0 Å². The molecule has 0 atom stereocenters. The molecule has 0 aliphatic heterocycles. The van der Waals surface area contributed by atoms with Crippen LogP contribution in [0.1, 0.15) is 25.3 Å². The van der Waals surface area contributed by atoms with Crippen LogP contribution in [0.25, 0.3) is 0 Å². The fourth-order valence-corrected chi connectivity index (χ4v) is 2.26. The lowest BCUT2D eigenvalue weighted by Gasteiger charge is -2.05. The second kappa shape index (κ2) is 8.86. The summed E-state index contributed by atoms with van der Waals surface area (Å²) in [6, 6.07) is 7.94. The van der Waals surface area contributed by atoms with E-state index in [1.165, 1.54) is 5.56 Å². The summed E-state index contributed by atoms with van der Waals surface area (Å²) in [6.45, 7) is 2.91. The third kappa shape index (κ3) is 5.96. The molecule has 1 aromatic carbocycles. The predicted molar refractivity (Wildman–Crippen MR) is 77.1 cm³/mol. The minimum atomic E-state index is 0.127. The Morgan fingerprint density at radius 1 is 1.33 bits per heavy atom. The van der Waals surface area contributed by atoms with Crippen molar-refractivity contribution in [3.05, 3.63) is 29.8 Å². The van der Waals surface area contributed by atoms with Crippen LogP contribution in [0.2, 0.25) is 0 Å². The Balaban J connectivity index is 2.18. The van der Waals surface area contributed by atoms with Gasteiger partial charge in [-0.1, -0.05) is 25.5 Å². The lowest BCUT2D eigenvalue weighted by Crippen LogP contribution is -2.26. The number of carbonyl (C=O) groups excluding carboxylic acids is 1. The minimum Gasteiger partial charge on any atom is -0.497 e. The molecule has 3 nitrogen and oxygen atoms in total. The number of hydrogen-bond acceptors (Lipinski definition) is 3. The molecule has 0 saturated carbocycles. The van der Waals surface area contributed by atoms with Gasteiger partial charge >= 0.3 is 0 Å². The Kier molecular flexibility index (Phi) is 7.34. The molecule has 18 heavy (non-hydrogen) atoms. The maximum Gasteiger partial charge on any atom is 0.230 e. The molecule has 0 bridgehead atoms. The number of thioether (sulfide) groups is 1. The van der Waals surface area contributed by atoms with Crippen LogP contribution < -0.4 is 10.1 Å². The highest BCUT2D eigenvalue weighted by molar-refractivity contribution is 7.99. The Morgan fingerprint density at radius 3 is 2.67 bits per heavy atom. The molecule has 1 aromatic rings. The number of hydrogen-bond donors (Lipinski definition) is 1.